The van der Waals surface area contributed by atoms with E-state index in [1.165, 1.54) is 21.3 Å². The van der Waals surface area contributed by atoms with Crippen molar-refractivity contribution < 1.29 is 36.3 Å². The van der Waals surface area contributed by atoms with E-state index in [9.17, 15) is 9.46 Å². The fraction of sp³-hybridized carbons (Fsp3) is 1.00. The summed E-state index contributed by atoms with van der Waals surface area (Å²) in [6, 6.07) is 0. The minimum Gasteiger partial charge on any atom is -0.376 e. The van der Waals surface area contributed by atoms with Crippen LogP contribution in [0.2, 0.25) is 0 Å². The van der Waals surface area contributed by atoms with Crippen LogP contribution < -0.4 is 5.32 Å². The Bertz CT molecular complexity index is 342. The molecule has 2 N–H and O–H groups in total. The van der Waals surface area contributed by atoms with Crippen LogP contribution in [0.3, 0.4) is 0 Å². The molecule has 22 heavy (non-hydrogen) atoms. The average Bonchev–Trinajstić information content (AvgIpc) is 2.42. The van der Waals surface area contributed by atoms with Gasteiger partial charge in [0.15, 0.2) is 0 Å². The molecule has 1 unspecified atom stereocenters. The molecule has 0 fully saturated rings. The van der Waals surface area contributed by atoms with Crippen LogP contribution in [0.5, 0.6) is 0 Å². The first-order valence-corrected chi connectivity index (χ1v) is 10.3. The molecule has 0 aromatic heterocycles. The van der Waals surface area contributed by atoms with Gasteiger partial charge in [-0.3, -0.25) is 9.05 Å². The molecule has 0 saturated heterocycles. The highest BCUT2D eigenvalue weighted by Gasteiger charge is 2.37. The molecule has 0 aliphatic rings. The van der Waals surface area contributed by atoms with Crippen LogP contribution in [-0.2, 0) is 26.9 Å². The number of nitrogens with zero attached hydrogens (tertiary/aromatic N) is 1. The number of phosphoric acid groups is 1. The molecule has 0 saturated carbocycles. The number of hydrogen-bond acceptors (Lipinski definition) is 7. The molecular weight excluding hydrogens is 331 g/mol. The quantitative estimate of drug-likeness (QED) is 0.202. The van der Waals surface area contributed by atoms with E-state index in [-0.39, 0.29) is 13.2 Å². The van der Waals surface area contributed by atoms with Gasteiger partial charge in [0, 0.05) is 27.9 Å². The summed E-state index contributed by atoms with van der Waals surface area (Å²) in [6.45, 7) is 1.13. The molecule has 0 heterocycles. The Labute approximate surface area is 134 Å². The summed E-state index contributed by atoms with van der Waals surface area (Å²) < 4.78 is 37.7. The number of phosphoric ester groups is 1. The second-order valence-electron chi connectivity index (χ2n) is 5.62. The summed E-state index contributed by atoms with van der Waals surface area (Å²) in [5.74, 6) is 0. The van der Waals surface area contributed by atoms with Gasteiger partial charge in [0.25, 0.3) is 0 Å². The molecule has 0 spiro atoms. The van der Waals surface area contributed by atoms with Gasteiger partial charge in [0.05, 0.1) is 33.9 Å². The van der Waals surface area contributed by atoms with Gasteiger partial charge in [-0.2, -0.15) is 0 Å². The summed E-state index contributed by atoms with van der Waals surface area (Å²) in [7, 11) is 3.74. The average molecular weight is 361 g/mol. The first kappa shape index (κ1) is 22.1. The van der Waals surface area contributed by atoms with Crippen molar-refractivity contribution in [3.8, 4) is 0 Å². The maximum Gasteiger partial charge on any atom is 0.514 e. The van der Waals surface area contributed by atoms with Crippen LogP contribution in [0.1, 0.15) is 0 Å². The second-order valence-corrected chi connectivity index (χ2v) is 10.0. The lowest BCUT2D eigenvalue weighted by atomic mass is 10.5. The normalized spacial score (nSPS) is 15.8. The molecule has 0 aliphatic carbocycles. The van der Waals surface area contributed by atoms with E-state index in [4.69, 9.17) is 22.3 Å². The van der Waals surface area contributed by atoms with Crippen LogP contribution in [0, 0.1) is 0 Å². The highest BCUT2D eigenvalue weighted by atomic mass is 31.2. The third-order valence-corrected chi connectivity index (χ3v) is 6.39. The number of likely N-dealkylation sites (N-methyl/N-ethyl adjacent to an activating group) is 1. The zero-order valence-electron chi connectivity index (χ0n) is 14.3. The minimum atomic E-state index is -4.01. The summed E-state index contributed by atoms with van der Waals surface area (Å²) >= 11 is 0. The molecule has 1 atom stereocenters. The first-order chi connectivity index (χ1) is 10.1. The topological polar surface area (TPSA) is 95.5 Å². The molecule has 0 rings (SSSR count). The van der Waals surface area contributed by atoms with Gasteiger partial charge in [-0.1, -0.05) is 0 Å². The van der Waals surface area contributed by atoms with E-state index < -0.39 is 16.6 Å². The first-order valence-electron chi connectivity index (χ1n) is 6.88. The SMILES string of the molecule is CO[Si](CNCCOP(=O)(O)OCC[N+](C)(C)C)(OC)OC. The number of quaternary nitrogens is 1. The van der Waals surface area contributed by atoms with E-state index in [1.807, 2.05) is 21.1 Å². The van der Waals surface area contributed by atoms with Crippen molar-refractivity contribution in [2.24, 2.45) is 0 Å². The van der Waals surface area contributed by atoms with Gasteiger partial charge < -0.3 is 28.0 Å². The van der Waals surface area contributed by atoms with Crippen molar-refractivity contribution in [1.82, 2.24) is 5.32 Å². The molecule has 0 radical (unpaired) electrons. The van der Waals surface area contributed by atoms with Gasteiger partial charge in [0.1, 0.15) is 13.2 Å². The molecule has 0 aromatic rings. The summed E-state index contributed by atoms with van der Waals surface area (Å²) in [5.41, 5.74) is 0. The van der Waals surface area contributed by atoms with Crippen molar-refractivity contribution in [3.63, 3.8) is 0 Å². The standard InChI is InChI=1S/C11H29N2O7PSi/c1-13(2,3)8-10-20-21(14,15)19-9-7-12-11-22(16-4,17-5)18-6/h12H,7-11H2,1-6H3/p+1. The lowest BCUT2D eigenvalue weighted by molar-refractivity contribution is -0.870. The molecule has 0 aromatic carbocycles. The Hall–Kier alpha value is 0.127. The van der Waals surface area contributed by atoms with E-state index >= 15 is 0 Å². The van der Waals surface area contributed by atoms with Gasteiger partial charge in [-0.15, -0.1) is 0 Å². The Morgan fingerprint density at radius 2 is 1.55 bits per heavy atom. The van der Waals surface area contributed by atoms with E-state index in [0.29, 0.717) is 23.7 Å². The van der Waals surface area contributed by atoms with Crippen molar-refractivity contribution in [1.29, 1.82) is 0 Å². The number of hydrogen-bond donors (Lipinski definition) is 2. The van der Waals surface area contributed by atoms with Crippen LogP contribution in [0.4, 0.5) is 0 Å². The zero-order valence-corrected chi connectivity index (χ0v) is 16.2. The van der Waals surface area contributed by atoms with E-state index in [0.717, 1.165) is 0 Å². The van der Waals surface area contributed by atoms with Gasteiger partial charge in [-0.25, -0.2) is 4.57 Å². The van der Waals surface area contributed by atoms with Gasteiger partial charge >= 0.3 is 16.6 Å². The Balaban J connectivity index is 3.92. The molecular formula is C11H30N2O7PSi+. The van der Waals surface area contributed by atoms with E-state index in [1.54, 1.807) is 0 Å². The maximum absolute atomic E-state index is 11.6. The molecule has 0 aliphatic heterocycles. The van der Waals surface area contributed by atoms with Crippen LogP contribution in [0.25, 0.3) is 0 Å². The summed E-state index contributed by atoms with van der Waals surface area (Å²) in [6.07, 6.45) is 0.373. The summed E-state index contributed by atoms with van der Waals surface area (Å²) in [5, 5.41) is 3.00. The molecule has 134 valence electrons. The van der Waals surface area contributed by atoms with Crippen molar-refractivity contribution in [2.45, 2.75) is 0 Å². The smallest absolute Gasteiger partial charge is 0.376 e. The van der Waals surface area contributed by atoms with Gasteiger partial charge in [-0.05, 0) is 0 Å². The van der Waals surface area contributed by atoms with Crippen LogP contribution >= 0.6 is 7.82 Å². The highest BCUT2D eigenvalue weighted by Crippen LogP contribution is 2.42. The highest BCUT2D eigenvalue weighted by molar-refractivity contribution is 7.47. The maximum atomic E-state index is 11.6. The zero-order chi connectivity index (χ0) is 17.3. The Morgan fingerprint density at radius 1 is 1.05 bits per heavy atom. The third kappa shape index (κ3) is 10.0. The van der Waals surface area contributed by atoms with Crippen molar-refractivity contribution >= 4 is 16.6 Å². The number of rotatable bonds is 13. The van der Waals surface area contributed by atoms with Crippen molar-refractivity contribution in [2.75, 3.05) is 74.9 Å². The predicted octanol–water partition coefficient (Wildman–Crippen LogP) is -0.167. The Kier molecular flexibility index (Phi) is 10.1. The predicted molar refractivity (Wildman–Crippen MR) is 84.3 cm³/mol. The Morgan fingerprint density at radius 3 is 2.00 bits per heavy atom. The van der Waals surface area contributed by atoms with Crippen molar-refractivity contribution in [3.05, 3.63) is 0 Å². The molecule has 11 heteroatoms. The monoisotopic (exact) mass is 361 g/mol. The number of nitrogens with one attached hydrogen (secondary N) is 1. The lowest BCUT2D eigenvalue weighted by Crippen LogP contribution is -2.52. The fourth-order valence-electron chi connectivity index (χ4n) is 1.41. The van der Waals surface area contributed by atoms with Gasteiger partial charge in [0.2, 0.25) is 0 Å². The molecule has 9 nitrogen and oxygen atoms in total. The molecule has 0 bridgehead atoms. The lowest BCUT2D eigenvalue weighted by Gasteiger charge is -2.25. The minimum absolute atomic E-state index is 0.0276. The largest absolute Gasteiger partial charge is 0.514 e. The summed E-state index contributed by atoms with van der Waals surface area (Å²) in [4.78, 5) is 9.52. The fourth-order valence-corrected chi connectivity index (χ4v) is 3.53. The van der Waals surface area contributed by atoms with Crippen LogP contribution in [-0.4, -0.2) is 93.1 Å². The van der Waals surface area contributed by atoms with E-state index in [2.05, 4.69) is 5.32 Å². The third-order valence-electron chi connectivity index (χ3n) is 2.82. The van der Waals surface area contributed by atoms with Crippen LogP contribution in [0.15, 0.2) is 0 Å². The molecule has 0 amide bonds. The second kappa shape index (κ2) is 10.1.